The molecule has 9 heteroatoms. The number of hydrogen-bond donors (Lipinski definition) is 0. The van der Waals surface area contributed by atoms with Gasteiger partial charge in [-0.25, -0.2) is 4.79 Å². The number of methoxy groups -OCH3 is 1. The molecule has 0 amide bonds. The molecule has 0 N–H and O–H groups in total. The van der Waals surface area contributed by atoms with Crippen molar-refractivity contribution < 1.29 is 22.1 Å². The topological polar surface area (TPSA) is 118 Å². The third-order valence-electron chi connectivity index (χ3n) is 2.57. The fourth-order valence-corrected chi connectivity index (χ4v) is 2.53. The minimum absolute atomic E-state index is 0.0641. The normalized spacial score (nSPS) is 12.3. The fraction of sp³-hybridized carbons (Fsp3) is 0.417. The van der Waals surface area contributed by atoms with E-state index in [0.717, 1.165) is 12.7 Å². The highest BCUT2D eigenvalue weighted by atomic mass is 32.2. The molecule has 1 unspecified atom stereocenters. The van der Waals surface area contributed by atoms with Crippen molar-refractivity contribution in [3.63, 3.8) is 0 Å². The summed E-state index contributed by atoms with van der Waals surface area (Å²) in [5.41, 5.74) is 9.09. The van der Waals surface area contributed by atoms with Crippen LogP contribution in [0.2, 0.25) is 0 Å². The number of azide groups is 1. The van der Waals surface area contributed by atoms with Gasteiger partial charge in [0.1, 0.15) is 0 Å². The zero-order valence-electron chi connectivity index (χ0n) is 11.6. The van der Waals surface area contributed by atoms with Gasteiger partial charge in [0.25, 0.3) is 10.1 Å². The van der Waals surface area contributed by atoms with Gasteiger partial charge < -0.3 is 4.74 Å². The molecular formula is C12H15N3O5S. The van der Waals surface area contributed by atoms with E-state index in [1.54, 1.807) is 12.1 Å². The second kappa shape index (κ2) is 7.63. The van der Waals surface area contributed by atoms with Crippen molar-refractivity contribution in [1.29, 1.82) is 0 Å². The SMILES string of the molecule is COC(=O)C(CCN=[N+]=[N-])OS(=O)(=O)c1ccc(C)cc1. The maximum absolute atomic E-state index is 12.1. The molecule has 0 aromatic heterocycles. The Bertz CT molecular complexity index is 635. The first-order chi connectivity index (χ1) is 9.90. The molecule has 0 fully saturated rings. The number of carbonyl (C=O) groups excluding carboxylic acids is 1. The van der Waals surface area contributed by atoms with Crippen LogP contribution in [-0.2, 0) is 23.8 Å². The van der Waals surface area contributed by atoms with Gasteiger partial charge in [-0.05, 0) is 31.0 Å². The van der Waals surface area contributed by atoms with Gasteiger partial charge in [-0.3, -0.25) is 4.18 Å². The molecule has 1 aromatic rings. The van der Waals surface area contributed by atoms with Crippen LogP contribution in [0.3, 0.4) is 0 Å². The van der Waals surface area contributed by atoms with Gasteiger partial charge in [-0.1, -0.05) is 22.8 Å². The minimum Gasteiger partial charge on any atom is -0.467 e. The minimum atomic E-state index is -4.10. The van der Waals surface area contributed by atoms with E-state index in [0.29, 0.717) is 0 Å². The van der Waals surface area contributed by atoms with Crippen molar-refractivity contribution in [2.24, 2.45) is 5.11 Å². The van der Waals surface area contributed by atoms with E-state index < -0.39 is 22.2 Å². The summed E-state index contributed by atoms with van der Waals surface area (Å²) in [6.07, 6.45) is -1.45. The van der Waals surface area contributed by atoms with E-state index in [1.807, 2.05) is 6.92 Å². The van der Waals surface area contributed by atoms with Gasteiger partial charge in [0, 0.05) is 11.5 Å². The van der Waals surface area contributed by atoms with E-state index in [9.17, 15) is 13.2 Å². The van der Waals surface area contributed by atoms with Gasteiger partial charge in [-0.2, -0.15) is 8.42 Å². The lowest BCUT2D eigenvalue weighted by atomic mass is 10.2. The lowest BCUT2D eigenvalue weighted by molar-refractivity contribution is -0.148. The molecule has 1 rings (SSSR count). The number of ether oxygens (including phenoxy) is 1. The number of hydrogen-bond acceptors (Lipinski definition) is 6. The summed E-state index contributed by atoms with van der Waals surface area (Å²) in [6, 6.07) is 5.99. The highest BCUT2D eigenvalue weighted by molar-refractivity contribution is 7.86. The lowest BCUT2D eigenvalue weighted by Gasteiger charge is -2.14. The second-order valence-electron chi connectivity index (χ2n) is 4.12. The third kappa shape index (κ3) is 5.07. The number of esters is 1. The molecule has 1 aromatic carbocycles. The van der Waals surface area contributed by atoms with Crippen molar-refractivity contribution in [2.45, 2.75) is 24.3 Å². The average Bonchev–Trinajstić information content (AvgIpc) is 2.46. The molecular weight excluding hydrogens is 298 g/mol. The van der Waals surface area contributed by atoms with E-state index in [1.165, 1.54) is 12.1 Å². The maximum atomic E-state index is 12.1. The maximum Gasteiger partial charge on any atom is 0.336 e. The van der Waals surface area contributed by atoms with Crippen molar-refractivity contribution in [3.05, 3.63) is 40.3 Å². The van der Waals surface area contributed by atoms with Gasteiger partial charge in [0.05, 0.1) is 12.0 Å². The van der Waals surface area contributed by atoms with E-state index in [2.05, 4.69) is 14.8 Å². The molecule has 0 aliphatic heterocycles. The first-order valence-corrected chi connectivity index (χ1v) is 7.40. The molecule has 0 radical (unpaired) electrons. The Balaban J connectivity index is 2.92. The Morgan fingerprint density at radius 3 is 2.52 bits per heavy atom. The zero-order valence-corrected chi connectivity index (χ0v) is 12.4. The standard InChI is InChI=1S/C12H15N3O5S/c1-9-3-5-10(6-4-9)21(17,18)20-11(12(16)19-2)7-8-14-15-13/h3-6,11H,7-8H2,1-2H3. The van der Waals surface area contributed by atoms with Crippen molar-refractivity contribution in [2.75, 3.05) is 13.7 Å². The Kier molecular flexibility index (Phi) is 6.16. The van der Waals surface area contributed by atoms with Crippen LogP contribution in [-0.4, -0.2) is 34.1 Å². The second-order valence-corrected chi connectivity index (χ2v) is 5.69. The predicted molar refractivity (Wildman–Crippen MR) is 73.9 cm³/mol. The number of benzene rings is 1. The summed E-state index contributed by atoms with van der Waals surface area (Å²) in [5, 5.41) is 3.24. The fourth-order valence-electron chi connectivity index (χ4n) is 1.47. The van der Waals surface area contributed by atoms with Crippen molar-refractivity contribution >= 4 is 16.1 Å². The number of aryl methyl sites for hydroxylation is 1. The molecule has 0 saturated heterocycles. The third-order valence-corrected chi connectivity index (χ3v) is 3.91. The van der Waals surface area contributed by atoms with E-state index in [-0.39, 0.29) is 17.9 Å². The van der Waals surface area contributed by atoms with Crippen LogP contribution in [0.4, 0.5) is 0 Å². The van der Waals surface area contributed by atoms with Crippen LogP contribution in [0.5, 0.6) is 0 Å². The van der Waals surface area contributed by atoms with Crippen LogP contribution in [0, 0.1) is 6.92 Å². The Labute approximate surface area is 122 Å². The smallest absolute Gasteiger partial charge is 0.336 e. The summed E-state index contributed by atoms with van der Waals surface area (Å²) < 4.78 is 33.5. The molecule has 0 aliphatic rings. The monoisotopic (exact) mass is 313 g/mol. The molecule has 114 valence electrons. The first-order valence-electron chi connectivity index (χ1n) is 5.99. The summed E-state index contributed by atoms with van der Waals surface area (Å²) in [4.78, 5) is 14.0. The van der Waals surface area contributed by atoms with E-state index in [4.69, 9.17) is 9.71 Å². The van der Waals surface area contributed by atoms with Gasteiger partial charge in [0.15, 0.2) is 6.10 Å². The highest BCUT2D eigenvalue weighted by Gasteiger charge is 2.27. The molecule has 0 aliphatic carbocycles. The number of rotatable bonds is 7. The molecule has 0 bridgehead atoms. The Morgan fingerprint density at radius 1 is 1.38 bits per heavy atom. The summed E-state index contributed by atoms with van der Waals surface area (Å²) >= 11 is 0. The molecule has 1 atom stereocenters. The average molecular weight is 313 g/mol. The van der Waals surface area contributed by atoms with Crippen LogP contribution in [0.15, 0.2) is 34.3 Å². The van der Waals surface area contributed by atoms with Crippen molar-refractivity contribution in [3.8, 4) is 0 Å². The Morgan fingerprint density at radius 2 is 2.00 bits per heavy atom. The van der Waals surface area contributed by atoms with Gasteiger partial charge in [-0.15, -0.1) is 0 Å². The molecule has 0 saturated carbocycles. The molecule has 0 spiro atoms. The van der Waals surface area contributed by atoms with Crippen molar-refractivity contribution in [1.82, 2.24) is 0 Å². The summed E-state index contributed by atoms with van der Waals surface area (Å²) in [7, 11) is -2.99. The van der Waals surface area contributed by atoms with Crippen LogP contribution in [0.1, 0.15) is 12.0 Å². The predicted octanol–water partition coefficient (Wildman–Crippen LogP) is 1.94. The zero-order chi connectivity index (χ0) is 15.9. The van der Waals surface area contributed by atoms with Crippen LogP contribution < -0.4 is 0 Å². The highest BCUT2D eigenvalue weighted by Crippen LogP contribution is 2.17. The quantitative estimate of drug-likeness (QED) is 0.250. The summed E-state index contributed by atoms with van der Waals surface area (Å²) in [6.45, 7) is 1.73. The largest absolute Gasteiger partial charge is 0.467 e. The Hall–Kier alpha value is -2.09. The van der Waals surface area contributed by atoms with E-state index >= 15 is 0 Å². The molecule has 0 heterocycles. The van der Waals surface area contributed by atoms with Gasteiger partial charge >= 0.3 is 5.97 Å². The molecule has 8 nitrogen and oxygen atoms in total. The lowest BCUT2D eigenvalue weighted by Crippen LogP contribution is -2.29. The summed E-state index contributed by atoms with van der Waals surface area (Å²) in [5.74, 6) is -0.848. The van der Waals surface area contributed by atoms with Crippen LogP contribution >= 0.6 is 0 Å². The van der Waals surface area contributed by atoms with Crippen LogP contribution in [0.25, 0.3) is 10.4 Å². The molecule has 21 heavy (non-hydrogen) atoms. The number of nitrogens with zero attached hydrogens (tertiary/aromatic N) is 3. The first kappa shape index (κ1) is 17.0. The number of carbonyl (C=O) groups is 1. The van der Waals surface area contributed by atoms with Gasteiger partial charge in [0.2, 0.25) is 0 Å².